The Morgan fingerprint density at radius 3 is 2.36 bits per heavy atom. The second-order valence-electron chi connectivity index (χ2n) is 5.27. The van der Waals surface area contributed by atoms with Crippen molar-refractivity contribution in [3.05, 3.63) is 39.9 Å². The molecule has 1 heterocycles. The molecule has 0 amide bonds. The fourth-order valence-electron chi connectivity index (χ4n) is 2.51. The molecule has 0 atom stereocenters. The van der Waals surface area contributed by atoms with Crippen LogP contribution >= 0.6 is 11.3 Å². The molecule has 0 radical (unpaired) electrons. The molecule has 2 aromatic rings. The molecule has 0 aliphatic heterocycles. The van der Waals surface area contributed by atoms with Gasteiger partial charge in [-0.25, -0.2) is 18.1 Å². The SMILES string of the molecule is CNc1nc(CCNS(=O)(=O)c2c(C)cc(C)cc2C)cs1. The van der Waals surface area contributed by atoms with E-state index in [0.29, 0.717) is 17.9 Å². The molecular formula is C15H21N3O2S2. The highest BCUT2D eigenvalue weighted by atomic mass is 32.2. The number of thiazole rings is 1. The second-order valence-corrected chi connectivity index (χ2v) is 7.83. The maximum absolute atomic E-state index is 12.5. The van der Waals surface area contributed by atoms with Crippen molar-refractivity contribution in [2.75, 3.05) is 18.9 Å². The third-order valence-corrected chi connectivity index (χ3v) is 5.99. The van der Waals surface area contributed by atoms with Crippen LogP contribution in [0, 0.1) is 20.8 Å². The molecule has 0 bridgehead atoms. The van der Waals surface area contributed by atoms with Crippen molar-refractivity contribution in [1.29, 1.82) is 0 Å². The minimum absolute atomic E-state index is 0.335. The molecule has 0 aliphatic carbocycles. The lowest BCUT2D eigenvalue weighted by Crippen LogP contribution is -2.27. The van der Waals surface area contributed by atoms with Crippen LogP contribution in [-0.4, -0.2) is 27.0 Å². The van der Waals surface area contributed by atoms with E-state index in [1.54, 1.807) is 0 Å². The van der Waals surface area contributed by atoms with Crippen LogP contribution in [0.25, 0.3) is 0 Å². The summed E-state index contributed by atoms with van der Waals surface area (Å²) in [6, 6.07) is 3.78. The molecule has 0 fully saturated rings. The number of nitrogens with one attached hydrogen (secondary N) is 2. The third-order valence-electron chi connectivity index (χ3n) is 3.31. The van der Waals surface area contributed by atoms with Gasteiger partial charge in [0.05, 0.1) is 10.6 Å². The summed E-state index contributed by atoms with van der Waals surface area (Å²) in [5.41, 5.74) is 3.50. The second kappa shape index (κ2) is 6.76. The fraction of sp³-hybridized carbons (Fsp3) is 0.400. The van der Waals surface area contributed by atoms with Gasteiger partial charge < -0.3 is 5.32 Å². The van der Waals surface area contributed by atoms with Crippen molar-refractivity contribution >= 4 is 26.5 Å². The molecule has 1 aromatic heterocycles. The van der Waals surface area contributed by atoms with E-state index in [1.165, 1.54) is 11.3 Å². The van der Waals surface area contributed by atoms with Crippen LogP contribution in [0.5, 0.6) is 0 Å². The smallest absolute Gasteiger partial charge is 0.241 e. The normalized spacial score (nSPS) is 11.6. The van der Waals surface area contributed by atoms with Crippen LogP contribution in [-0.2, 0) is 16.4 Å². The van der Waals surface area contributed by atoms with E-state index in [2.05, 4.69) is 15.0 Å². The monoisotopic (exact) mass is 339 g/mol. The zero-order valence-corrected chi connectivity index (χ0v) is 14.9. The molecule has 22 heavy (non-hydrogen) atoms. The first-order valence-electron chi connectivity index (χ1n) is 7.03. The minimum Gasteiger partial charge on any atom is -0.365 e. The van der Waals surface area contributed by atoms with E-state index in [9.17, 15) is 8.42 Å². The number of benzene rings is 1. The molecule has 0 aliphatic rings. The van der Waals surface area contributed by atoms with E-state index in [0.717, 1.165) is 27.5 Å². The van der Waals surface area contributed by atoms with Gasteiger partial charge in [0.25, 0.3) is 0 Å². The fourth-order valence-corrected chi connectivity index (χ4v) is 4.70. The quantitative estimate of drug-likeness (QED) is 0.849. The number of aromatic nitrogens is 1. The Labute approximate surface area is 135 Å². The average molecular weight is 339 g/mol. The largest absolute Gasteiger partial charge is 0.365 e. The molecular weight excluding hydrogens is 318 g/mol. The van der Waals surface area contributed by atoms with Gasteiger partial charge >= 0.3 is 0 Å². The summed E-state index contributed by atoms with van der Waals surface area (Å²) >= 11 is 1.51. The average Bonchev–Trinajstić information content (AvgIpc) is 2.84. The van der Waals surface area contributed by atoms with Crippen LogP contribution in [0.2, 0.25) is 0 Å². The number of hydrogen-bond acceptors (Lipinski definition) is 5. The highest BCUT2D eigenvalue weighted by Crippen LogP contribution is 2.21. The predicted octanol–water partition coefficient (Wildman–Crippen LogP) is 2.63. The topological polar surface area (TPSA) is 71.1 Å². The number of hydrogen-bond donors (Lipinski definition) is 2. The molecule has 0 saturated carbocycles. The van der Waals surface area contributed by atoms with Gasteiger partial charge in [-0.1, -0.05) is 17.7 Å². The van der Waals surface area contributed by atoms with Crippen molar-refractivity contribution in [1.82, 2.24) is 9.71 Å². The highest BCUT2D eigenvalue weighted by Gasteiger charge is 2.19. The van der Waals surface area contributed by atoms with E-state index in [-0.39, 0.29) is 0 Å². The van der Waals surface area contributed by atoms with Crippen LogP contribution in [0.4, 0.5) is 5.13 Å². The van der Waals surface area contributed by atoms with Crippen LogP contribution in [0.15, 0.2) is 22.4 Å². The zero-order valence-electron chi connectivity index (χ0n) is 13.2. The summed E-state index contributed by atoms with van der Waals surface area (Å²) in [6.07, 6.45) is 0.571. The van der Waals surface area contributed by atoms with Gasteiger partial charge in [0.1, 0.15) is 0 Å². The summed E-state index contributed by atoms with van der Waals surface area (Å²) in [6.45, 7) is 5.95. The van der Waals surface area contributed by atoms with Gasteiger partial charge in [0.15, 0.2) is 5.13 Å². The molecule has 120 valence electrons. The molecule has 5 nitrogen and oxygen atoms in total. The van der Waals surface area contributed by atoms with Crippen molar-refractivity contribution < 1.29 is 8.42 Å². The standard InChI is InChI=1S/C15H21N3O2S2/c1-10-7-11(2)14(12(3)8-10)22(19,20)17-6-5-13-9-21-15(16-4)18-13/h7-9,17H,5-6H2,1-4H3,(H,16,18). The molecule has 0 spiro atoms. The van der Waals surface area contributed by atoms with Crippen molar-refractivity contribution in [3.8, 4) is 0 Å². The number of rotatable bonds is 6. The Bertz CT molecular complexity index is 744. The van der Waals surface area contributed by atoms with Gasteiger partial charge in [-0.15, -0.1) is 11.3 Å². The Kier molecular flexibility index (Phi) is 5.20. The molecule has 0 unspecified atom stereocenters. The molecule has 2 rings (SSSR count). The number of anilines is 1. The third kappa shape index (κ3) is 3.85. The lowest BCUT2D eigenvalue weighted by atomic mass is 10.1. The lowest BCUT2D eigenvalue weighted by molar-refractivity contribution is 0.580. The van der Waals surface area contributed by atoms with Gasteiger partial charge in [0.2, 0.25) is 10.0 Å². The Morgan fingerprint density at radius 2 is 1.82 bits per heavy atom. The molecule has 2 N–H and O–H groups in total. The van der Waals surface area contributed by atoms with Crippen molar-refractivity contribution in [2.45, 2.75) is 32.1 Å². The minimum atomic E-state index is -3.50. The van der Waals surface area contributed by atoms with Crippen LogP contribution in [0.3, 0.4) is 0 Å². The van der Waals surface area contributed by atoms with Crippen molar-refractivity contribution in [3.63, 3.8) is 0 Å². The summed E-state index contributed by atoms with van der Waals surface area (Å²) in [4.78, 5) is 4.72. The number of aryl methyl sites for hydroxylation is 3. The predicted molar refractivity (Wildman–Crippen MR) is 91.2 cm³/mol. The van der Waals surface area contributed by atoms with Crippen LogP contribution in [0.1, 0.15) is 22.4 Å². The number of sulfonamides is 1. The summed E-state index contributed by atoms with van der Waals surface area (Å²) in [7, 11) is -1.68. The van der Waals surface area contributed by atoms with Gasteiger partial charge in [0, 0.05) is 25.4 Å². The highest BCUT2D eigenvalue weighted by molar-refractivity contribution is 7.89. The van der Waals surface area contributed by atoms with Crippen LogP contribution < -0.4 is 10.0 Å². The first-order chi connectivity index (χ1) is 10.3. The summed E-state index contributed by atoms with van der Waals surface area (Å²) in [5.74, 6) is 0. The maximum Gasteiger partial charge on any atom is 0.241 e. The van der Waals surface area contributed by atoms with Gasteiger partial charge in [-0.05, 0) is 31.9 Å². The molecule has 0 saturated heterocycles. The van der Waals surface area contributed by atoms with Gasteiger partial charge in [-0.3, -0.25) is 0 Å². The summed E-state index contributed by atoms with van der Waals surface area (Å²) < 4.78 is 27.7. The molecule has 7 heteroatoms. The Balaban J connectivity index is 2.08. The van der Waals surface area contributed by atoms with E-state index < -0.39 is 10.0 Å². The Hall–Kier alpha value is -1.44. The maximum atomic E-state index is 12.5. The molecule has 1 aromatic carbocycles. The first-order valence-corrected chi connectivity index (χ1v) is 9.39. The van der Waals surface area contributed by atoms with Crippen molar-refractivity contribution in [2.24, 2.45) is 0 Å². The van der Waals surface area contributed by atoms with Gasteiger partial charge in [-0.2, -0.15) is 0 Å². The zero-order chi connectivity index (χ0) is 16.3. The van der Waals surface area contributed by atoms with E-state index in [1.807, 2.05) is 45.3 Å². The Morgan fingerprint density at radius 1 is 1.18 bits per heavy atom. The summed E-state index contributed by atoms with van der Waals surface area (Å²) in [5, 5.41) is 5.74. The van der Waals surface area contributed by atoms with E-state index in [4.69, 9.17) is 0 Å². The van der Waals surface area contributed by atoms with E-state index >= 15 is 0 Å². The first kappa shape index (κ1) is 16.9. The number of nitrogens with zero attached hydrogens (tertiary/aromatic N) is 1. The lowest BCUT2D eigenvalue weighted by Gasteiger charge is -2.12.